The van der Waals surface area contributed by atoms with Gasteiger partial charge in [0.1, 0.15) is 11.6 Å². The first kappa shape index (κ1) is 24.2. The predicted octanol–water partition coefficient (Wildman–Crippen LogP) is 5.46. The maximum absolute atomic E-state index is 14.2. The minimum absolute atomic E-state index is 0.0256. The molecule has 2 heterocycles. The quantitative estimate of drug-likeness (QED) is 0.294. The number of hydrogen-bond donors (Lipinski definition) is 2. The van der Waals surface area contributed by atoms with Crippen molar-refractivity contribution in [2.24, 2.45) is 0 Å². The number of para-hydroxylation sites is 2. The third-order valence-corrected chi connectivity index (χ3v) is 8.05. The molecule has 2 N–H and O–H groups in total. The summed E-state index contributed by atoms with van der Waals surface area (Å²) in [5.41, 5.74) is 1.55. The normalized spacial score (nSPS) is 11.5. The van der Waals surface area contributed by atoms with Gasteiger partial charge in [-0.3, -0.25) is 4.79 Å². The van der Waals surface area contributed by atoms with E-state index in [4.69, 9.17) is 0 Å². The lowest BCUT2D eigenvalue weighted by atomic mass is 10.2. The van der Waals surface area contributed by atoms with Gasteiger partial charge in [0.15, 0.2) is 0 Å². The second kappa shape index (κ2) is 9.62. The Hall–Kier alpha value is -5.15. The van der Waals surface area contributed by atoms with Crippen LogP contribution < -0.4 is 10.9 Å². The second-order valence-electron chi connectivity index (χ2n) is 8.81. The molecule has 4 aromatic carbocycles. The summed E-state index contributed by atoms with van der Waals surface area (Å²) in [6.07, 6.45) is 1.62. The summed E-state index contributed by atoms with van der Waals surface area (Å²) in [6.45, 7) is 0. The van der Waals surface area contributed by atoms with E-state index in [1.54, 1.807) is 41.2 Å². The standard InChI is InChI=1S/C30H22N4O4S/c35-24-14-9-15-25(20-24)39(37,38)27-19-21(32-28-16-7-8-17-31-28)18-26-29(27)30(36)34(23-12-5-2-6-13-23)33(26)22-10-3-1-4-11-22/h1-20,35H,(H,31,32). The molecule has 0 atom stereocenters. The van der Waals surface area contributed by atoms with Crippen molar-refractivity contribution in [3.63, 3.8) is 0 Å². The number of nitrogens with one attached hydrogen (secondary N) is 1. The molecule has 0 saturated heterocycles. The summed E-state index contributed by atoms with van der Waals surface area (Å²) in [5, 5.41) is 13.2. The molecular formula is C30H22N4O4S. The van der Waals surface area contributed by atoms with Gasteiger partial charge in [0.25, 0.3) is 5.56 Å². The van der Waals surface area contributed by atoms with E-state index >= 15 is 0 Å². The average Bonchev–Trinajstić information content (AvgIpc) is 3.26. The maximum Gasteiger partial charge on any atom is 0.280 e. The Morgan fingerprint density at radius 1 is 0.718 bits per heavy atom. The first-order valence-electron chi connectivity index (χ1n) is 12.1. The van der Waals surface area contributed by atoms with Crippen molar-refractivity contribution in [1.29, 1.82) is 0 Å². The first-order valence-corrected chi connectivity index (χ1v) is 13.6. The van der Waals surface area contributed by atoms with Crippen molar-refractivity contribution in [2.75, 3.05) is 5.32 Å². The molecule has 0 radical (unpaired) electrons. The van der Waals surface area contributed by atoms with E-state index in [1.165, 1.54) is 35.0 Å². The number of aromatic hydroxyl groups is 1. The third kappa shape index (κ3) is 4.34. The predicted molar refractivity (Wildman–Crippen MR) is 150 cm³/mol. The minimum atomic E-state index is -4.24. The lowest BCUT2D eigenvalue weighted by Crippen LogP contribution is -2.20. The van der Waals surface area contributed by atoms with Crippen LogP contribution in [-0.2, 0) is 9.84 Å². The molecule has 0 saturated carbocycles. The minimum Gasteiger partial charge on any atom is -0.508 e. The first-order chi connectivity index (χ1) is 18.9. The van der Waals surface area contributed by atoms with Gasteiger partial charge in [-0.05, 0) is 66.7 Å². The van der Waals surface area contributed by atoms with Crippen LogP contribution in [0.3, 0.4) is 0 Å². The highest BCUT2D eigenvalue weighted by Crippen LogP contribution is 2.34. The van der Waals surface area contributed by atoms with Crippen molar-refractivity contribution in [3.05, 3.63) is 132 Å². The Morgan fingerprint density at radius 3 is 2.03 bits per heavy atom. The molecule has 0 spiro atoms. The molecular weight excluding hydrogens is 512 g/mol. The number of pyridine rings is 1. The van der Waals surface area contributed by atoms with Gasteiger partial charge in [0.05, 0.1) is 32.1 Å². The second-order valence-corrected chi connectivity index (χ2v) is 10.7. The van der Waals surface area contributed by atoms with E-state index in [0.29, 0.717) is 28.4 Å². The summed E-state index contributed by atoms with van der Waals surface area (Å²) in [7, 11) is -4.24. The zero-order chi connectivity index (χ0) is 27.0. The summed E-state index contributed by atoms with van der Waals surface area (Å²) < 4.78 is 31.2. The van der Waals surface area contributed by atoms with E-state index < -0.39 is 15.4 Å². The van der Waals surface area contributed by atoms with Crippen molar-refractivity contribution in [1.82, 2.24) is 14.3 Å². The van der Waals surface area contributed by atoms with E-state index in [-0.39, 0.29) is 20.9 Å². The van der Waals surface area contributed by atoms with Crippen molar-refractivity contribution >= 4 is 32.2 Å². The van der Waals surface area contributed by atoms with Crippen LogP contribution in [0.2, 0.25) is 0 Å². The molecule has 0 aliphatic carbocycles. The molecule has 0 unspecified atom stereocenters. The molecule has 0 aliphatic rings. The molecule has 39 heavy (non-hydrogen) atoms. The van der Waals surface area contributed by atoms with Gasteiger partial charge < -0.3 is 10.4 Å². The van der Waals surface area contributed by atoms with Gasteiger partial charge in [-0.25, -0.2) is 22.8 Å². The van der Waals surface area contributed by atoms with Gasteiger partial charge in [-0.1, -0.05) is 48.5 Å². The van der Waals surface area contributed by atoms with Gasteiger partial charge >= 0.3 is 0 Å². The molecule has 0 amide bonds. The zero-order valence-electron chi connectivity index (χ0n) is 20.5. The summed E-state index contributed by atoms with van der Waals surface area (Å²) in [5.74, 6) is 0.312. The van der Waals surface area contributed by atoms with Crippen molar-refractivity contribution in [3.8, 4) is 17.1 Å². The molecule has 0 bridgehead atoms. The Labute approximate surface area is 224 Å². The Kier molecular flexibility index (Phi) is 5.97. The summed E-state index contributed by atoms with van der Waals surface area (Å²) in [6, 6.07) is 32.2. The maximum atomic E-state index is 14.2. The zero-order valence-corrected chi connectivity index (χ0v) is 21.3. The fourth-order valence-electron chi connectivity index (χ4n) is 4.56. The number of benzene rings is 4. The number of phenols is 1. The Balaban J connectivity index is 1.74. The van der Waals surface area contributed by atoms with Crippen LogP contribution >= 0.6 is 0 Å². The Morgan fingerprint density at radius 2 is 1.38 bits per heavy atom. The smallest absolute Gasteiger partial charge is 0.280 e. The van der Waals surface area contributed by atoms with E-state index in [0.717, 1.165) is 0 Å². The molecule has 0 fully saturated rings. The number of sulfone groups is 1. The topological polar surface area (TPSA) is 106 Å². The van der Waals surface area contributed by atoms with E-state index in [1.807, 2.05) is 54.6 Å². The number of nitrogens with zero attached hydrogens (tertiary/aromatic N) is 3. The fraction of sp³-hybridized carbons (Fsp3) is 0. The summed E-state index contributed by atoms with van der Waals surface area (Å²) in [4.78, 5) is 18.1. The lowest BCUT2D eigenvalue weighted by molar-refractivity contribution is 0.473. The highest BCUT2D eigenvalue weighted by atomic mass is 32.2. The van der Waals surface area contributed by atoms with Gasteiger partial charge in [-0.2, -0.15) is 0 Å². The van der Waals surface area contributed by atoms with E-state index in [2.05, 4.69) is 10.3 Å². The van der Waals surface area contributed by atoms with Crippen LogP contribution in [-0.4, -0.2) is 27.9 Å². The van der Waals surface area contributed by atoms with Crippen LogP contribution in [0.25, 0.3) is 22.3 Å². The SMILES string of the molecule is O=c1c2c(S(=O)(=O)c3cccc(O)c3)cc(Nc3ccccn3)cc2n(-c2ccccc2)n1-c1ccccc1. The van der Waals surface area contributed by atoms with Crippen LogP contribution in [0.4, 0.5) is 11.5 Å². The molecule has 6 aromatic rings. The molecule has 8 nitrogen and oxygen atoms in total. The van der Waals surface area contributed by atoms with Crippen LogP contribution in [0.5, 0.6) is 5.75 Å². The van der Waals surface area contributed by atoms with Gasteiger partial charge in [-0.15, -0.1) is 0 Å². The lowest BCUT2D eigenvalue weighted by Gasteiger charge is -2.14. The number of phenolic OH excluding ortho intramolecular Hbond substituents is 1. The highest BCUT2D eigenvalue weighted by Gasteiger charge is 2.28. The molecule has 6 rings (SSSR count). The van der Waals surface area contributed by atoms with Crippen molar-refractivity contribution in [2.45, 2.75) is 9.79 Å². The Bertz CT molecular complexity index is 1970. The van der Waals surface area contributed by atoms with E-state index in [9.17, 15) is 18.3 Å². The van der Waals surface area contributed by atoms with Crippen molar-refractivity contribution < 1.29 is 13.5 Å². The van der Waals surface area contributed by atoms with Crippen LogP contribution in [0.1, 0.15) is 0 Å². The number of rotatable bonds is 6. The van der Waals surface area contributed by atoms with Crippen LogP contribution in [0.15, 0.2) is 136 Å². The summed E-state index contributed by atoms with van der Waals surface area (Å²) >= 11 is 0. The number of fused-ring (bicyclic) bond motifs is 1. The largest absolute Gasteiger partial charge is 0.508 e. The number of anilines is 2. The highest BCUT2D eigenvalue weighted by molar-refractivity contribution is 7.91. The molecule has 9 heteroatoms. The molecule has 192 valence electrons. The molecule has 0 aliphatic heterocycles. The van der Waals surface area contributed by atoms with Gasteiger partial charge in [0, 0.05) is 11.9 Å². The third-order valence-electron chi connectivity index (χ3n) is 6.27. The number of aromatic nitrogens is 3. The fourth-order valence-corrected chi connectivity index (χ4v) is 6.09. The van der Waals surface area contributed by atoms with Gasteiger partial charge in [0.2, 0.25) is 9.84 Å². The van der Waals surface area contributed by atoms with Crippen LogP contribution in [0, 0.1) is 0 Å². The number of hydrogen-bond acceptors (Lipinski definition) is 6. The monoisotopic (exact) mass is 534 g/mol. The average molecular weight is 535 g/mol. The molecule has 2 aromatic heterocycles.